The van der Waals surface area contributed by atoms with E-state index in [4.69, 9.17) is 4.74 Å². The van der Waals surface area contributed by atoms with E-state index in [1.807, 2.05) is 75.4 Å². The first-order valence-corrected chi connectivity index (χ1v) is 9.90. The number of pyridine rings is 2. The van der Waals surface area contributed by atoms with Crippen LogP contribution in [0.15, 0.2) is 60.7 Å². The summed E-state index contributed by atoms with van der Waals surface area (Å²) in [6.07, 6.45) is 0. The minimum atomic E-state index is -0.310. The molecule has 0 saturated heterocycles. The Morgan fingerprint density at radius 3 is 2.40 bits per heavy atom. The van der Waals surface area contributed by atoms with Gasteiger partial charge in [-0.05, 0) is 62.2 Å². The van der Waals surface area contributed by atoms with Crippen LogP contribution < -0.4 is 10.1 Å². The van der Waals surface area contributed by atoms with Gasteiger partial charge in [0.1, 0.15) is 22.8 Å². The smallest absolute Gasteiger partial charge is 0.147 e. The first kappa shape index (κ1) is 19.7. The van der Waals surface area contributed by atoms with Crippen molar-refractivity contribution in [3.63, 3.8) is 0 Å². The fourth-order valence-electron chi connectivity index (χ4n) is 3.71. The quantitative estimate of drug-likeness (QED) is 0.466. The molecule has 0 aliphatic heterocycles. The maximum atomic E-state index is 11.2. The van der Waals surface area contributed by atoms with Gasteiger partial charge in [0.2, 0.25) is 0 Å². The monoisotopic (exact) mass is 399 g/mol. The number of hydrogen-bond acceptors (Lipinski definition) is 5. The third-order valence-corrected chi connectivity index (χ3v) is 5.25. The zero-order valence-electron chi connectivity index (χ0n) is 17.6. The van der Waals surface area contributed by atoms with Gasteiger partial charge in [-0.15, -0.1) is 0 Å². The maximum Gasteiger partial charge on any atom is 0.147 e. The average molecular weight is 399 g/mol. The van der Waals surface area contributed by atoms with Crippen molar-refractivity contribution in [1.82, 2.24) is 9.97 Å². The third kappa shape index (κ3) is 3.79. The highest BCUT2D eigenvalue weighted by atomic mass is 16.5. The van der Waals surface area contributed by atoms with E-state index < -0.39 is 0 Å². The predicted molar refractivity (Wildman–Crippen MR) is 120 cm³/mol. The van der Waals surface area contributed by atoms with Gasteiger partial charge >= 0.3 is 0 Å². The van der Waals surface area contributed by atoms with Crippen molar-refractivity contribution in [2.24, 2.45) is 0 Å². The zero-order chi connectivity index (χ0) is 21.3. The Balaban J connectivity index is 1.87. The summed E-state index contributed by atoms with van der Waals surface area (Å²) in [4.78, 5) is 9.16. The lowest BCUT2D eigenvalue weighted by atomic mass is 9.94. The first-order valence-electron chi connectivity index (χ1n) is 9.90. The summed E-state index contributed by atoms with van der Waals surface area (Å²) in [5.41, 5.74) is 5.15. The first-order chi connectivity index (χ1) is 14.5. The van der Waals surface area contributed by atoms with E-state index in [1.165, 1.54) is 0 Å². The van der Waals surface area contributed by atoms with Crippen LogP contribution in [-0.4, -0.2) is 22.2 Å². The van der Waals surface area contributed by atoms with Gasteiger partial charge in [-0.1, -0.05) is 30.3 Å². The van der Waals surface area contributed by atoms with Crippen LogP contribution in [0.4, 0.5) is 5.82 Å². The minimum absolute atomic E-state index is 0.176. The SMILES string of the molecule is COc1ccc([C@@H](Nc2cccc(C)n2)c2ccc3ccc(C)nc3c2O)cc1C. The number of aryl methyl sites for hydroxylation is 3. The summed E-state index contributed by atoms with van der Waals surface area (Å²) in [7, 11) is 1.66. The molecule has 0 radical (unpaired) electrons. The molecule has 0 amide bonds. The Morgan fingerprint density at radius 1 is 0.900 bits per heavy atom. The van der Waals surface area contributed by atoms with Gasteiger partial charge < -0.3 is 15.2 Å². The highest BCUT2D eigenvalue weighted by Crippen LogP contribution is 2.37. The second kappa shape index (κ2) is 8.03. The van der Waals surface area contributed by atoms with Gasteiger partial charge in [0.25, 0.3) is 0 Å². The van der Waals surface area contributed by atoms with Gasteiger partial charge in [-0.2, -0.15) is 0 Å². The Hall–Kier alpha value is -3.60. The fourth-order valence-corrected chi connectivity index (χ4v) is 3.71. The van der Waals surface area contributed by atoms with Crippen molar-refractivity contribution in [3.8, 4) is 11.5 Å². The molecule has 5 heteroatoms. The molecule has 4 rings (SSSR count). The number of anilines is 1. The molecule has 4 aromatic rings. The number of ether oxygens (including phenoxy) is 1. The third-order valence-electron chi connectivity index (χ3n) is 5.25. The van der Waals surface area contributed by atoms with Gasteiger partial charge in [0.05, 0.1) is 13.2 Å². The number of hydrogen-bond donors (Lipinski definition) is 2. The minimum Gasteiger partial charge on any atom is -0.505 e. The number of aromatic nitrogens is 2. The number of fused-ring (bicyclic) bond motifs is 1. The molecule has 1 atom stereocenters. The van der Waals surface area contributed by atoms with Crippen molar-refractivity contribution < 1.29 is 9.84 Å². The van der Waals surface area contributed by atoms with Gasteiger partial charge in [0, 0.05) is 22.3 Å². The molecular formula is C25H25N3O2. The summed E-state index contributed by atoms with van der Waals surface area (Å²) in [5, 5.41) is 15.6. The molecule has 0 spiro atoms. The van der Waals surface area contributed by atoms with Crippen LogP contribution in [0.3, 0.4) is 0 Å². The topological polar surface area (TPSA) is 67.3 Å². The number of rotatable bonds is 5. The Kier molecular flexibility index (Phi) is 5.27. The van der Waals surface area contributed by atoms with E-state index in [1.54, 1.807) is 7.11 Å². The van der Waals surface area contributed by atoms with Crippen molar-refractivity contribution in [1.29, 1.82) is 0 Å². The normalized spacial score (nSPS) is 12.0. The lowest BCUT2D eigenvalue weighted by Gasteiger charge is -2.23. The van der Waals surface area contributed by atoms with E-state index in [0.29, 0.717) is 5.52 Å². The number of nitrogens with zero attached hydrogens (tertiary/aromatic N) is 2. The van der Waals surface area contributed by atoms with Crippen LogP contribution >= 0.6 is 0 Å². The molecule has 2 aromatic heterocycles. The Labute approximate surface area is 176 Å². The molecule has 152 valence electrons. The Bertz CT molecular complexity index is 1220. The standard InChI is InChI=1S/C25H25N3O2/c1-15-14-19(11-13-21(15)30-4)23(28-22-7-5-6-16(2)26-22)20-12-10-18-9-8-17(3)27-24(18)25(20)29/h5-14,23,29H,1-4H3,(H,26,28)/t23-/m1/s1. The number of benzene rings is 2. The molecule has 0 aliphatic rings. The second-order valence-corrected chi connectivity index (χ2v) is 7.50. The van der Waals surface area contributed by atoms with Crippen LogP contribution in [0.5, 0.6) is 11.5 Å². The van der Waals surface area contributed by atoms with Gasteiger partial charge in [-0.25, -0.2) is 9.97 Å². The molecule has 0 unspecified atom stereocenters. The zero-order valence-corrected chi connectivity index (χ0v) is 17.6. The highest BCUT2D eigenvalue weighted by Gasteiger charge is 2.21. The van der Waals surface area contributed by atoms with Crippen LogP contribution in [0, 0.1) is 20.8 Å². The van der Waals surface area contributed by atoms with Crippen LogP contribution in [-0.2, 0) is 0 Å². The molecule has 0 fully saturated rings. The molecule has 0 bridgehead atoms. The van der Waals surface area contributed by atoms with E-state index in [0.717, 1.165) is 45.0 Å². The molecular weight excluding hydrogens is 374 g/mol. The number of methoxy groups -OCH3 is 1. The molecule has 0 saturated carbocycles. The van der Waals surface area contributed by atoms with Crippen LogP contribution in [0.1, 0.15) is 34.1 Å². The molecule has 2 heterocycles. The highest BCUT2D eigenvalue weighted by molar-refractivity contribution is 5.86. The van der Waals surface area contributed by atoms with Gasteiger partial charge in [0.15, 0.2) is 0 Å². The summed E-state index contributed by atoms with van der Waals surface area (Å²) in [6, 6.07) is 19.4. The summed E-state index contributed by atoms with van der Waals surface area (Å²) in [6.45, 7) is 5.89. The summed E-state index contributed by atoms with van der Waals surface area (Å²) >= 11 is 0. The molecule has 30 heavy (non-hydrogen) atoms. The largest absolute Gasteiger partial charge is 0.505 e. The Morgan fingerprint density at radius 2 is 1.67 bits per heavy atom. The van der Waals surface area contributed by atoms with Crippen molar-refractivity contribution in [2.45, 2.75) is 26.8 Å². The molecule has 0 aliphatic carbocycles. The molecule has 5 nitrogen and oxygen atoms in total. The lowest BCUT2D eigenvalue weighted by Crippen LogP contribution is -2.14. The number of aromatic hydroxyl groups is 1. The number of phenolic OH excluding ortho intramolecular Hbond substituents is 1. The van der Waals surface area contributed by atoms with E-state index in [-0.39, 0.29) is 11.8 Å². The van der Waals surface area contributed by atoms with Crippen molar-refractivity contribution >= 4 is 16.7 Å². The van der Waals surface area contributed by atoms with E-state index in [9.17, 15) is 5.11 Å². The van der Waals surface area contributed by atoms with Crippen LogP contribution in [0.25, 0.3) is 10.9 Å². The number of phenols is 1. The molecule has 2 N–H and O–H groups in total. The number of nitrogens with one attached hydrogen (secondary N) is 1. The van der Waals surface area contributed by atoms with Crippen LogP contribution in [0.2, 0.25) is 0 Å². The maximum absolute atomic E-state index is 11.2. The second-order valence-electron chi connectivity index (χ2n) is 7.50. The summed E-state index contributed by atoms with van der Waals surface area (Å²) in [5.74, 6) is 1.74. The average Bonchev–Trinajstić information content (AvgIpc) is 2.73. The van der Waals surface area contributed by atoms with E-state index >= 15 is 0 Å². The van der Waals surface area contributed by atoms with Gasteiger partial charge in [-0.3, -0.25) is 0 Å². The fraction of sp³-hybridized carbons (Fsp3) is 0.200. The predicted octanol–water partition coefficient (Wildman–Crippen LogP) is 5.47. The lowest BCUT2D eigenvalue weighted by molar-refractivity contribution is 0.411. The van der Waals surface area contributed by atoms with E-state index in [2.05, 4.69) is 21.4 Å². The van der Waals surface area contributed by atoms with Crippen molar-refractivity contribution in [2.75, 3.05) is 12.4 Å². The van der Waals surface area contributed by atoms with Crippen molar-refractivity contribution in [3.05, 3.63) is 88.7 Å². The molecule has 2 aromatic carbocycles. The summed E-state index contributed by atoms with van der Waals surface area (Å²) < 4.78 is 5.42.